The van der Waals surface area contributed by atoms with E-state index in [4.69, 9.17) is 15.2 Å². The van der Waals surface area contributed by atoms with Gasteiger partial charge in [0.1, 0.15) is 18.1 Å². The largest absolute Gasteiger partial charge is 0.466 e. The first kappa shape index (κ1) is 16.4. The van der Waals surface area contributed by atoms with Gasteiger partial charge in [-0.15, -0.1) is 0 Å². The van der Waals surface area contributed by atoms with E-state index in [0.717, 1.165) is 4.57 Å². The highest BCUT2D eigenvalue weighted by Crippen LogP contribution is 2.36. The van der Waals surface area contributed by atoms with Crippen molar-refractivity contribution in [3.05, 3.63) is 22.7 Å². The molecule has 22 heavy (non-hydrogen) atoms. The molecule has 1 aromatic rings. The average Bonchev–Trinajstić information content (AvgIpc) is 2.76. The predicted molar refractivity (Wildman–Crippen MR) is 74.7 cm³/mol. The molecule has 0 aromatic carbocycles. The lowest BCUT2D eigenvalue weighted by molar-refractivity contribution is -0.146. The molecule has 0 bridgehead atoms. The Kier molecular flexibility index (Phi) is 5.11. The zero-order valence-corrected chi connectivity index (χ0v) is 12.1. The predicted octanol–water partition coefficient (Wildman–Crippen LogP) is -1.35. The number of carbonyl (C=O) groups excluding carboxylic acids is 1. The van der Waals surface area contributed by atoms with Gasteiger partial charge in [-0.1, -0.05) is 0 Å². The molecule has 1 fully saturated rings. The van der Waals surface area contributed by atoms with E-state index in [2.05, 4.69) is 4.98 Å². The summed E-state index contributed by atoms with van der Waals surface area (Å²) in [5, 5.41) is 19.4. The van der Waals surface area contributed by atoms with E-state index in [0.29, 0.717) is 0 Å². The lowest BCUT2D eigenvalue weighted by Crippen LogP contribution is -2.34. The fourth-order valence-corrected chi connectivity index (χ4v) is 2.48. The average molecular weight is 313 g/mol. The van der Waals surface area contributed by atoms with Gasteiger partial charge in [0, 0.05) is 12.1 Å². The topological polar surface area (TPSA) is 137 Å². The van der Waals surface area contributed by atoms with Gasteiger partial charge in [0.05, 0.1) is 25.7 Å². The summed E-state index contributed by atoms with van der Waals surface area (Å²) >= 11 is 0. The summed E-state index contributed by atoms with van der Waals surface area (Å²) in [5.41, 5.74) is 4.77. The van der Waals surface area contributed by atoms with E-state index in [1.54, 1.807) is 6.92 Å². The monoisotopic (exact) mass is 313 g/mol. The summed E-state index contributed by atoms with van der Waals surface area (Å²) in [7, 11) is 0. The molecule has 1 aliphatic rings. The molecule has 4 atom stereocenters. The highest BCUT2D eigenvalue weighted by Gasteiger charge is 2.45. The van der Waals surface area contributed by atoms with Crippen LogP contribution >= 0.6 is 0 Å². The standard InChI is InChI=1S/C13H19N3O6/c1-2-21-10(18)5-7-11(19)8(6-17)22-12(7)16-4-3-9(14)15-13(16)20/h3-4,7-8,11-12,17,19H,2,5-6H2,1H3,(H2,14,15,20)/t7?,8-,11?,12-/m1/s1. The van der Waals surface area contributed by atoms with E-state index in [9.17, 15) is 19.8 Å². The fourth-order valence-electron chi connectivity index (χ4n) is 2.48. The van der Waals surface area contributed by atoms with Crippen molar-refractivity contribution in [1.29, 1.82) is 0 Å². The SMILES string of the molecule is CCOC(=O)CC1C(O)[C@@H](CO)O[C@H]1n1ccc(N)nc1=O. The van der Waals surface area contributed by atoms with Gasteiger partial charge >= 0.3 is 11.7 Å². The lowest BCUT2D eigenvalue weighted by Gasteiger charge is -2.21. The number of anilines is 1. The van der Waals surface area contributed by atoms with Gasteiger partial charge < -0.3 is 25.4 Å². The number of nitrogen functional groups attached to an aromatic ring is 1. The molecule has 0 saturated carbocycles. The molecule has 0 radical (unpaired) electrons. The Morgan fingerprint density at radius 3 is 2.91 bits per heavy atom. The summed E-state index contributed by atoms with van der Waals surface area (Å²) in [6.07, 6.45) is -1.71. The highest BCUT2D eigenvalue weighted by atomic mass is 16.5. The third-order valence-electron chi connectivity index (χ3n) is 3.51. The Labute approximate surface area is 126 Å². The van der Waals surface area contributed by atoms with Crippen molar-refractivity contribution in [2.24, 2.45) is 5.92 Å². The number of aliphatic hydroxyl groups excluding tert-OH is 2. The van der Waals surface area contributed by atoms with Crippen molar-refractivity contribution in [3.63, 3.8) is 0 Å². The molecule has 2 heterocycles. The van der Waals surface area contributed by atoms with Crippen molar-refractivity contribution in [2.45, 2.75) is 31.8 Å². The molecule has 1 aliphatic heterocycles. The minimum Gasteiger partial charge on any atom is -0.466 e. The van der Waals surface area contributed by atoms with Gasteiger partial charge in [0.25, 0.3) is 0 Å². The fraction of sp³-hybridized carbons (Fsp3) is 0.615. The second-order valence-electron chi connectivity index (χ2n) is 4.95. The highest BCUT2D eigenvalue weighted by molar-refractivity contribution is 5.69. The number of esters is 1. The quantitative estimate of drug-likeness (QED) is 0.567. The van der Waals surface area contributed by atoms with Crippen LogP contribution in [0.25, 0.3) is 0 Å². The third-order valence-corrected chi connectivity index (χ3v) is 3.51. The van der Waals surface area contributed by atoms with Crippen LogP contribution in [0.4, 0.5) is 5.82 Å². The number of aromatic nitrogens is 2. The molecule has 0 amide bonds. The minimum atomic E-state index is -1.11. The molecule has 122 valence electrons. The van der Waals surface area contributed by atoms with E-state index in [-0.39, 0.29) is 18.8 Å². The molecule has 2 rings (SSSR count). The first-order valence-corrected chi connectivity index (χ1v) is 6.92. The first-order chi connectivity index (χ1) is 10.5. The molecule has 0 spiro atoms. The Balaban J connectivity index is 2.29. The van der Waals surface area contributed by atoms with Crippen LogP contribution in [0.5, 0.6) is 0 Å². The molecule has 1 aromatic heterocycles. The van der Waals surface area contributed by atoms with Crippen LogP contribution < -0.4 is 11.4 Å². The summed E-state index contributed by atoms with van der Waals surface area (Å²) < 4.78 is 11.5. The number of rotatable bonds is 5. The maximum atomic E-state index is 11.9. The molecular weight excluding hydrogens is 294 g/mol. The minimum absolute atomic E-state index is 0.0560. The second-order valence-corrected chi connectivity index (χ2v) is 4.95. The van der Waals surface area contributed by atoms with Crippen LogP contribution in [0.1, 0.15) is 19.6 Å². The molecule has 9 nitrogen and oxygen atoms in total. The number of hydrogen-bond donors (Lipinski definition) is 3. The van der Waals surface area contributed by atoms with Gasteiger partial charge in [-0.2, -0.15) is 4.98 Å². The Bertz CT molecular complexity index is 589. The molecule has 9 heteroatoms. The molecule has 4 N–H and O–H groups in total. The summed E-state index contributed by atoms with van der Waals surface area (Å²) in [4.78, 5) is 27.2. The maximum Gasteiger partial charge on any atom is 0.351 e. The van der Waals surface area contributed by atoms with Gasteiger partial charge in [-0.25, -0.2) is 4.79 Å². The van der Waals surface area contributed by atoms with E-state index in [1.807, 2.05) is 0 Å². The van der Waals surface area contributed by atoms with Crippen molar-refractivity contribution >= 4 is 11.8 Å². The van der Waals surface area contributed by atoms with Crippen LogP contribution in [-0.4, -0.2) is 51.2 Å². The van der Waals surface area contributed by atoms with E-state index < -0.39 is 42.6 Å². The number of ether oxygens (including phenoxy) is 2. The summed E-state index contributed by atoms with van der Waals surface area (Å²) in [6.45, 7) is 1.44. The normalized spacial score (nSPS) is 27.8. The molecule has 1 saturated heterocycles. The molecule has 0 aliphatic carbocycles. The number of nitrogens with zero attached hydrogens (tertiary/aromatic N) is 2. The van der Waals surface area contributed by atoms with Crippen molar-refractivity contribution in [2.75, 3.05) is 18.9 Å². The summed E-state index contributed by atoms with van der Waals surface area (Å²) in [6, 6.07) is 1.41. The number of carbonyl (C=O) groups is 1. The van der Waals surface area contributed by atoms with Crippen LogP contribution in [0, 0.1) is 5.92 Å². The summed E-state index contributed by atoms with van der Waals surface area (Å²) in [5.74, 6) is -1.20. The van der Waals surface area contributed by atoms with Gasteiger partial charge in [0.2, 0.25) is 0 Å². The lowest BCUT2D eigenvalue weighted by atomic mass is 9.96. The van der Waals surface area contributed by atoms with E-state index >= 15 is 0 Å². The van der Waals surface area contributed by atoms with Gasteiger partial charge in [-0.05, 0) is 13.0 Å². The van der Waals surface area contributed by atoms with Crippen LogP contribution in [0.3, 0.4) is 0 Å². The number of nitrogens with two attached hydrogens (primary N) is 1. The Hall–Kier alpha value is -1.97. The third kappa shape index (κ3) is 3.26. The maximum absolute atomic E-state index is 11.9. The zero-order chi connectivity index (χ0) is 16.3. The zero-order valence-electron chi connectivity index (χ0n) is 12.1. The second kappa shape index (κ2) is 6.86. The smallest absolute Gasteiger partial charge is 0.351 e. The van der Waals surface area contributed by atoms with Gasteiger partial charge in [-0.3, -0.25) is 9.36 Å². The molecule has 2 unspecified atom stereocenters. The van der Waals surface area contributed by atoms with Crippen LogP contribution in [0.15, 0.2) is 17.1 Å². The van der Waals surface area contributed by atoms with Crippen LogP contribution in [0.2, 0.25) is 0 Å². The Morgan fingerprint density at radius 1 is 1.59 bits per heavy atom. The van der Waals surface area contributed by atoms with Gasteiger partial charge in [0.15, 0.2) is 0 Å². The van der Waals surface area contributed by atoms with Crippen molar-refractivity contribution in [3.8, 4) is 0 Å². The number of hydrogen-bond acceptors (Lipinski definition) is 8. The first-order valence-electron chi connectivity index (χ1n) is 6.92. The number of aliphatic hydroxyl groups is 2. The van der Waals surface area contributed by atoms with E-state index in [1.165, 1.54) is 12.3 Å². The van der Waals surface area contributed by atoms with Crippen molar-refractivity contribution in [1.82, 2.24) is 9.55 Å². The van der Waals surface area contributed by atoms with Crippen molar-refractivity contribution < 1.29 is 24.5 Å². The molecular formula is C13H19N3O6. The van der Waals surface area contributed by atoms with Crippen LogP contribution in [-0.2, 0) is 14.3 Å². The Morgan fingerprint density at radius 2 is 2.32 bits per heavy atom.